The molecule has 7 nitrogen and oxygen atoms in total. The largest absolute Gasteiger partial charge is 0.497 e. The summed E-state index contributed by atoms with van der Waals surface area (Å²) in [6, 6.07) is 11.7. The van der Waals surface area contributed by atoms with Crippen molar-refractivity contribution in [1.29, 1.82) is 0 Å². The number of nitro benzene ring substituents is 1. The van der Waals surface area contributed by atoms with Crippen molar-refractivity contribution in [2.24, 2.45) is 5.92 Å². The molecule has 1 aliphatic rings. The monoisotopic (exact) mass is 398 g/mol. The van der Waals surface area contributed by atoms with Gasteiger partial charge < -0.3 is 14.8 Å². The zero-order valence-electron chi connectivity index (χ0n) is 16.7. The third-order valence-electron chi connectivity index (χ3n) is 5.39. The van der Waals surface area contributed by atoms with Crippen LogP contribution in [0.4, 0.5) is 5.69 Å². The number of hydrogen-bond donors (Lipinski definition) is 1. The summed E-state index contributed by atoms with van der Waals surface area (Å²) in [6.45, 7) is 2.02. The van der Waals surface area contributed by atoms with E-state index in [-0.39, 0.29) is 24.2 Å². The average molecular weight is 398 g/mol. The maximum atomic E-state index is 12.4. The zero-order chi connectivity index (χ0) is 20.8. The van der Waals surface area contributed by atoms with Crippen molar-refractivity contribution in [3.63, 3.8) is 0 Å². The number of amides is 1. The first-order valence-electron chi connectivity index (χ1n) is 9.83. The number of carbonyl (C=O) groups excluding carboxylic acids is 1. The summed E-state index contributed by atoms with van der Waals surface area (Å²) in [6.07, 6.45) is 4.44. The predicted molar refractivity (Wildman–Crippen MR) is 110 cm³/mol. The molecule has 2 aromatic carbocycles. The minimum absolute atomic E-state index is 0.0383. The van der Waals surface area contributed by atoms with E-state index in [1.54, 1.807) is 31.4 Å². The van der Waals surface area contributed by atoms with E-state index < -0.39 is 4.92 Å². The third kappa shape index (κ3) is 5.25. The van der Waals surface area contributed by atoms with Crippen LogP contribution in [0.25, 0.3) is 11.1 Å². The fourth-order valence-electron chi connectivity index (χ4n) is 3.68. The number of ether oxygens (including phenoxy) is 2. The van der Waals surface area contributed by atoms with Crippen molar-refractivity contribution >= 4 is 11.6 Å². The Hall–Kier alpha value is -3.09. The Bertz CT molecular complexity index is 866. The lowest BCUT2D eigenvalue weighted by molar-refractivity contribution is -0.384. The number of rotatable bonds is 7. The summed E-state index contributed by atoms with van der Waals surface area (Å²) in [4.78, 5) is 23.1. The fraction of sp³-hybridized carbons (Fsp3) is 0.409. The highest BCUT2D eigenvalue weighted by atomic mass is 16.6. The molecule has 2 aromatic rings. The molecule has 2 atom stereocenters. The van der Waals surface area contributed by atoms with Gasteiger partial charge in [0, 0.05) is 23.7 Å². The van der Waals surface area contributed by atoms with Gasteiger partial charge in [0.25, 0.3) is 11.6 Å². The Morgan fingerprint density at radius 1 is 1.17 bits per heavy atom. The maximum Gasteiger partial charge on any atom is 0.270 e. The number of non-ortho nitro benzene ring substituents is 1. The SMILES string of the molecule is COc1ccc(-c2cc([N+](=O)[O-])ccc2OCC(=O)NC2CCCCC2C)cc1. The van der Waals surface area contributed by atoms with Crippen LogP contribution in [-0.4, -0.2) is 30.6 Å². The van der Waals surface area contributed by atoms with Crippen molar-refractivity contribution < 1.29 is 19.2 Å². The van der Waals surface area contributed by atoms with Crippen LogP contribution in [-0.2, 0) is 4.79 Å². The molecule has 1 saturated carbocycles. The van der Waals surface area contributed by atoms with Crippen LogP contribution in [0.1, 0.15) is 32.6 Å². The van der Waals surface area contributed by atoms with Gasteiger partial charge in [0.1, 0.15) is 11.5 Å². The minimum atomic E-state index is -0.450. The number of benzene rings is 2. The van der Waals surface area contributed by atoms with E-state index in [4.69, 9.17) is 9.47 Å². The first-order valence-corrected chi connectivity index (χ1v) is 9.83. The topological polar surface area (TPSA) is 90.7 Å². The van der Waals surface area contributed by atoms with Gasteiger partial charge in [-0.3, -0.25) is 14.9 Å². The van der Waals surface area contributed by atoms with E-state index in [0.29, 0.717) is 23.0 Å². The summed E-state index contributed by atoms with van der Waals surface area (Å²) >= 11 is 0. The maximum absolute atomic E-state index is 12.4. The molecule has 0 saturated heterocycles. The summed E-state index contributed by atoms with van der Waals surface area (Å²) in [5.41, 5.74) is 1.26. The van der Waals surface area contributed by atoms with E-state index in [1.807, 2.05) is 0 Å². The van der Waals surface area contributed by atoms with Crippen LogP contribution < -0.4 is 14.8 Å². The first kappa shape index (κ1) is 20.6. The summed E-state index contributed by atoms with van der Waals surface area (Å²) in [7, 11) is 1.57. The van der Waals surface area contributed by atoms with E-state index >= 15 is 0 Å². The van der Waals surface area contributed by atoms with Crippen molar-refractivity contribution in [2.45, 2.75) is 38.6 Å². The van der Waals surface area contributed by atoms with Gasteiger partial charge in [-0.15, -0.1) is 0 Å². The molecular formula is C22H26N2O5. The Balaban J connectivity index is 1.75. The Labute approximate surface area is 170 Å². The highest BCUT2D eigenvalue weighted by Crippen LogP contribution is 2.34. The Morgan fingerprint density at radius 3 is 2.55 bits per heavy atom. The van der Waals surface area contributed by atoms with E-state index in [1.165, 1.54) is 24.6 Å². The molecule has 0 spiro atoms. The van der Waals surface area contributed by atoms with Crippen molar-refractivity contribution in [2.75, 3.05) is 13.7 Å². The second-order valence-corrected chi connectivity index (χ2v) is 7.39. The molecule has 0 aliphatic heterocycles. The quantitative estimate of drug-likeness (QED) is 0.553. The number of carbonyl (C=O) groups is 1. The zero-order valence-corrected chi connectivity index (χ0v) is 16.7. The summed E-state index contributed by atoms with van der Waals surface area (Å²) in [5.74, 6) is 1.39. The molecule has 7 heteroatoms. The third-order valence-corrected chi connectivity index (χ3v) is 5.39. The van der Waals surface area contributed by atoms with Gasteiger partial charge in [-0.1, -0.05) is 31.9 Å². The first-order chi connectivity index (χ1) is 14.0. The van der Waals surface area contributed by atoms with Crippen molar-refractivity contribution in [3.05, 3.63) is 52.6 Å². The van der Waals surface area contributed by atoms with Gasteiger partial charge >= 0.3 is 0 Å². The molecule has 0 heterocycles. The van der Waals surface area contributed by atoms with Crippen LogP contribution in [0.5, 0.6) is 11.5 Å². The van der Waals surface area contributed by atoms with E-state index in [0.717, 1.165) is 24.8 Å². The molecule has 1 fully saturated rings. The van der Waals surface area contributed by atoms with Crippen LogP contribution in [0.3, 0.4) is 0 Å². The fourth-order valence-corrected chi connectivity index (χ4v) is 3.68. The van der Waals surface area contributed by atoms with Gasteiger partial charge in [0.05, 0.1) is 12.0 Å². The minimum Gasteiger partial charge on any atom is -0.497 e. The highest BCUT2D eigenvalue weighted by Gasteiger charge is 2.23. The molecule has 1 aliphatic carbocycles. The Kier molecular flexibility index (Phi) is 6.69. The molecule has 0 bridgehead atoms. The summed E-state index contributed by atoms with van der Waals surface area (Å²) < 4.78 is 10.9. The molecule has 0 aromatic heterocycles. The number of nitrogens with one attached hydrogen (secondary N) is 1. The van der Waals surface area contributed by atoms with Gasteiger partial charge in [-0.25, -0.2) is 0 Å². The molecule has 29 heavy (non-hydrogen) atoms. The number of methoxy groups -OCH3 is 1. The number of hydrogen-bond acceptors (Lipinski definition) is 5. The van der Waals surface area contributed by atoms with Crippen molar-refractivity contribution in [3.8, 4) is 22.6 Å². The molecule has 1 amide bonds. The van der Waals surface area contributed by atoms with E-state index in [2.05, 4.69) is 12.2 Å². The molecule has 0 radical (unpaired) electrons. The van der Waals surface area contributed by atoms with Crippen LogP contribution >= 0.6 is 0 Å². The molecule has 154 valence electrons. The van der Waals surface area contributed by atoms with Crippen molar-refractivity contribution in [1.82, 2.24) is 5.32 Å². The Morgan fingerprint density at radius 2 is 1.90 bits per heavy atom. The molecule has 1 N–H and O–H groups in total. The molecule has 2 unspecified atom stereocenters. The van der Waals surface area contributed by atoms with E-state index in [9.17, 15) is 14.9 Å². The lowest BCUT2D eigenvalue weighted by atomic mass is 9.86. The summed E-state index contributed by atoms with van der Waals surface area (Å²) in [5, 5.41) is 14.2. The predicted octanol–water partition coefficient (Wildman–Crippen LogP) is 4.34. The number of nitro groups is 1. The highest BCUT2D eigenvalue weighted by molar-refractivity contribution is 5.79. The lowest BCUT2D eigenvalue weighted by Crippen LogP contribution is -2.43. The molecular weight excluding hydrogens is 372 g/mol. The number of nitrogens with zero attached hydrogens (tertiary/aromatic N) is 1. The van der Waals surface area contributed by atoms with Gasteiger partial charge in [0.2, 0.25) is 0 Å². The van der Waals surface area contributed by atoms with Crippen LogP contribution in [0, 0.1) is 16.0 Å². The second-order valence-electron chi connectivity index (χ2n) is 7.39. The standard InChI is InChI=1S/C22H26N2O5/c1-15-5-3-4-6-20(15)23-22(25)14-29-21-12-9-17(24(26)27)13-19(21)16-7-10-18(28-2)11-8-16/h7-13,15,20H,3-6,14H2,1-2H3,(H,23,25). The van der Waals surface area contributed by atoms with Crippen LogP contribution in [0.2, 0.25) is 0 Å². The lowest BCUT2D eigenvalue weighted by Gasteiger charge is -2.29. The van der Waals surface area contributed by atoms with Gasteiger partial charge in [-0.2, -0.15) is 0 Å². The van der Waals surface area contributed by atoms with Gasteiger partial charge in [-0.05, 0) is 42.5 Å². The normalized spacial score (nSPS) is 18.7. The average Bonchev–Trinajstić information content (AvgIpc) is 2.74. The second kappa shape index (κ2) is 9.41. The molecule has 3 rings (SSSR count). The smallest absolute Gasteiger partial charge is 0.270 e. The van der Waals surface area contributed by atoms with Crippen LogP contribution in [0.15, 0.2) is 42.5 Å². The van der Waals surface area contributed by atoms with Gasteiger partial charge in [0.15, 0.2) is 6.61 Å².